The summed E-state index contributed by atoms with van der Waals surface area (Å²) in [4.78, 5) is 15.3. The predicted octanol–water partition coefficient (Wildman–Crippen LogP) is 14.6. The molecule has 0 saturated heterocycles. The quantitative estimate of drug-likeness (QED) is 0.170. The van der Waals surface area contributed by atoms with E-state index in [-0.39, 0.29) is 0 Å². The SMILES string of the molecule is c1ccc(-c2cccc(-c3cc(-c4cccc5c4sc4cccc(-c6nc(-c7ccccc7)nc(-c7ccccc7)n6)c45)c4c(c3)sc3ccccc34)c2)cc1. The molecular weight excluding hydrogens is 719 g/mol. The molecule has 262 valence electrons. The molecule has 0 aliphatic rings. The molecule has 5 heteroatoms. The number of fused-ring (bicyclic) bond motifs is 6. The zero-order valence-electron chi connectivity index (χ0n) is 30.1. The van der Waals surface area contributed by atoms with Crippen molar-refractivity contribution in [3.63, 3.8) is 0 Å². The van der Waals surface area contributed by atoms with E-state index in [1.807, 2.05) is 59.1 Å². The van der Waals surface area contributed by atoms with Gasteiger partial charge in [0.1, 0.15) is 0 Å². The highest BCUT2D eigenvalue weighted by molar-refractivity contribution is 7.27. The highest BCUT2D eigenvalue weighted by Crippen LogP contribution is 2.48. The smallest absolute Gasteiger partial charge is 0.164 e. The summed E-state index contributed by atoms with van der Waals surface area (Å²) in [6.45, 7) is 0. The van der Waals surface area contributed by atoms with Gasteiger partial charge in [0.15, 0.2) is 17.5 Å². The first-order valence-electron chi connectivity index (χ1n) is 18.7. The minimum Gasteiger partial charge on any atom is -0.208 e. The minimum atomic E-state index is 0.659. The second kappa shape index (κ2) is 13.5. The number of nitrogens with zero attached hydrogens (tertiary/aromatic N) is 3. The zero-order valence-corrected chi connectivity index (χ0v) is 31.7. The normalized spacial score (nSPS) is 11.6. The van der Waals surface area contributed by atoms with Gasteiger partial charge in [-0.2, -0.15) is 0 Å². The molecule has 0 atom stereocenters. The Morgan fingerprint density at radius 1 is 0.286 bits per heavy atom. The Balaban J connectivity index is 1.14. The van der Waals surface area contributed by atoms with E-state index in [2.05, 4.69) is 152 Å². The summed E-state index contributed by atoms with van der Waals surface area (Å²) in [5.74, 6) is 1.98. The zero-order chi connectivity index (χ0) is 37.0. The molecule has 0 aliphatic heterocycles. The van der Waals surface area contributed by atoms with Gasteiger partial charge >= 0.3 is 0 Å². The molecule has 0 N–H and O–H groups in total. The fraction of sp³-hybridized carbons (Fsp3) is 0. The van der Waals surface area contributed by atoms with Crippen LogP contribution in [-0.2, 0) is 0 Å². The average Bonchev–Trinajstić information content (AvgIpc) is 3.86. The second-order valence-corrected chi connectivity index (χ2v) is 16.1. The molecule has 0 unspecified atom stereocenters. The van der Waals surface area contributed by atoms with Crippen LogP contribution in [0, 0.1) is 0 Å². The molecule has 56 heavy (non-hydrogen) atoms. The van der Waals surface area contributed by atoms with Gasteiger partial charge in [0, 0.05) is 62.6 Å². The average molecular weight is 750 g/mol. The van der Waals surface area contributed by atoms with Crippen LogP contribution in [0.4, 0.5) is 0 Å². The van der Waals surface area contributed by atoms with Crippen molar-refractivity contribution < 1.29 is 0 Å². The van der Waals surface area contributed by atoms with Crippen LogP contribution in [0.5, 0.6) is 0 Å². The molecule has 0 aliphatic carbocycles. The number of thiophene rings is 2. The van der Waals surface area contributed by atoms with Gasteiger partial charge in [-0.05, 0) is 58.1 Å². The van der Waals surface area contributed by atoms with Crippen LogP contribution >= 0.6 is 22.7 Å². The van der Waals surface area contributed by atoms with Gasteiger partial charge in [0.25, 0.3) is 0 Å². The molecule has 3 nitrogen and oxygen atoms in total. The summed E-state index contributed by atoms with van der Waals surface area (Å²) in [6, 6.07) is 66.8. The van der Waals surface area contributed by atoms with Crippen molar-refractivity contribution in [1.82, 2.24) is 15.0 Å². The maximum Gasteiger partial charge on any atom is 0.164 e. The van der Waals surface area contributed by atoms with E-state index in [0.717, 1.165) is 22.1 Å². The molecule has 0 saturated carbocycles. The van der Waals surface area contributed by atoms with Crippen molar-refractivity contribution in [2.75, 3.05) is 0 Å². The van der Waals surface area contributed by atoms with Crippen LogP contribution in [0.1, 0.15) is 0 Å². The standard InChI is InChI=1S/C51H31N3S2/c1-4-15-32(16-5-1)35-21-12-22-36(29-35)37-30-42(46-39-23-10-11-27-43(39)55-45(46)31-37)38-24-13-25-40-47-41(26-14-28-44(47)56-48(38)40)51-53-49(33-17-6-2-7-18-33)52-50(54-51)34-19-8-3-9-20-34/h1-31H. The number of hydrogen-bond acceptors (Lipinski definition) is 5. The Labute approximate surface area is 331 Å². The van der Waals surface area contributed by atoms with Gasteiger partial charge in [-0.15, -0.1) is 22.7 Å². The second-order valence-electron chi connectivity index (χ2n) is 13.9. The largest absolute Gasteiger partial charge is 0.208 e. The lowest BCUT2D eigenvalue weighted by Gasteiger charge is -2.12. The summed E-state index contributed by atoms with van der Waals surface area (Å²) in [5, 5.41) is 4.95. The topological polar surface area (TPSA) is 38.7 Å². The Bertz CT molecular complexity index is 3180. The highest BCUT2D eigenvalue weighted by Gasteiger charge is 2.21. The summed E-state index contributed by atoms with van der Waals surface area (Å²) < 4.78 is 5.03. The third kappa shape index (κ3) is 5.60. The van der Waals surface area contributed by atoms with E-state index in [4.69, 9.17) is 15.0 Å². The summed E-state index contributed by atoms with van der Waals surface area (Å²) in [7, 11) is 0. The van der Waals surface area contributed by atoms with Gasteiger partial charge in [-0.25, -0.2) is 15.0 Å². The summed E-state index contributed by atoms with van der Waals surface area (Å²) >= 11 is 3.71. The molecule has 8 aromatic carbocycles. The third-order valence-corrected chi connectivity index (χ3v) is 12.9. The van der Waals surface area contributed by atoms with Gasteiger partial charge in [-0.3, -0.25) is 0 Å². The molecule has 0 radical (unpaired) electrons. The van der Waals surface area contributed by atoms with Crippen LogP contribution < -0.4 is 0 Å². The molecule has 0 spiro atoms. The molecule has 11 aromatic rings. The molecule has 0 fully saturated rings. The monoisotopic (exact) mass is 749 g/mol. The maximum absolute atomic E-state index is 5.14. The fourth-order valence-corrected chi connectivity index (χ4v) is 10.3. The van der Waals surface area contributed by atoms with E-state index in [1.54, 1.807) is 0 Å². The maximum atomic E-state index is 5.14. The lowest BCUT2D eigenvalue weighted by atomic mass is 9.92. The van der Waals surface area contributed by atoms with Crippen molar-refractivity contribution in [2.45, 2.75) is 0 Å². The fourth-order valence-electron chi connectivity index (χ4n) is 7.92. The Morgan fingerprint density at radius 3 is 1.54 bits per heavy atom. The number of aromatic nitrogens is 3. The molecule has 11 rings (SSSR count). The van der Waals surface area contributed by atoms with Crippen molar-refractivity contribution in [3.8, 4) is 67.5 Å². The first-order valence-corrected chi connectivity index (χ1v) is 20.3. The van der Waals surface area contributed by atoms with Crippen LogP contribution in [0.25, 0.3) is 108 Å². The van der Waals surface area contributed by atoms with E-state index in [0.29, 0.717) is 17.5 Å². The van der Waals surface area contributed by atoms with Crippen LogP contribution in [0.15, 0.2) is 188 Å². The number of rotatable bonds is 6. The van der Waals surface area contributed by atoms with Crippen LogP contribution in [0.3, 0.4) is 0 Å². The van der Waals surface area contributed by atoms with E-state index in [9.17, 15) is 0 Å². The minimum absolute atomic E-state index is 0.659. The third-order valence-electron chi connectivity index (χ3n) is 10.5. The summed E-state index contributed by atoms with van der Waals surface area (Å²) in [5.41, 5.74) is 10.2. The van der Waals surface area contributed by atoms with Gasteiger partial charge in [0.05, 0.1) is 0 Å². The Hall–Kier alpha value is -6.79. The Kier molecular flexibility index (Phi) is 7.87. The van der Waals surface area contributed by atoms with Gasteiger partial charge in [-0.1, -0.05) is 158 Å². The van der Waals surface area contributed by atoms with Crippen LogP contribution in [0.2, 0.25) is 0 Å². The molecule has 3 aromatic heterocycles. The van der Waals surface area contributed by atoms with Gasteiger partial charge in [0.2, 0.25) is 0 Å². The molecular formula is C51H31N3S2. The lowest BCUT2D eigenvalue weighted by Crippen LogP contribution is -2.00. The van der Waals surface area contributed by atoms with E-state index in [1.165, 1.54) is 68.3 Å². The lowest BCUT2D eigenvalue weighted by molar-refractivity contribution is 1.08. The molecule has 0 bridgehead atoms. The van der Waals surface area contributed by atoms with E-state index >= 15 is 0 Å². The van der Waals surface area contributed by atoms with Crippen molar-refractivity contribution in [2.24, 2.45) is 0 Å². The van der Waals surface area contributed by atoms with Crippen molar-refractivity contribution >= 4 is 63.0 Å². The molecule has 0 amide bonds. The van der Waals surface area contributed by atoms with Gasteiger partial charge < -0.3 is 0 Å². The Morgan fingerprint density at radius 2 is 0.804 bits per heavy atom. The first kappa shape index (κ1) is 32.6. The summed E-state index contributed by atoms with van der Waals surface area (Å²) in [6.07, 6.45) is 0. The molecule has 3 heterocycles. The first-order chi connectivity index (χ1) is 27.7. The number of benzene rings is 8. The van der Waals surface area contributed by atoms with Crippen molar-refractivity contribution in [1.29, 1.82) is 0 Å². The highest BCUT2D eigenvalue weighted by atomic mass is 32.1. The predicted molar refractivity (Wildman–Crippen MR) is 238 cm³/mol. The number of hydrogen-bond donors (Lipinski definition) is 0. The van der Waals surface area contributed by atoms with Crippen molar-refractivity contribution in [3.05, 3.63) is 188 Å². The van der Waals surface area contributed by atoms with Crippen LogP contribution in [-0.4, -0.2) is 15.0 Å². The van der Waals surface area contributed by atoms with E-state index < -0.39 is 0 Å².